The van der Waals surface area contributed by atoms with Crippen molar-refractivity contribution < 1.29 is 8.78 Å². The van der Waals surface area contributed by atoms with Crippen molar-refractivity contribution in [2.45, 2.75) is 46.1 Å². The van der Waals surface area contributed by atoms with Crippen LogP contribution in [0.3, 0.4) is 0 Å². The summed E-state index contributed by atoms with van der Waals surface area (Å²) in [6.07, 6.45) is 5.10. The van der Waals surface area contributed by atoms with Gasteiger partial charge in [0, 0.05) is 6.20 Å². The van der Waals surface area contributed by atoms with Gasteiger partial charge in [-0.2, -0.15) is 13.9 Å². The van der Waals surface area contributed by atoms with Crippen LogP contribution in [0.2, 0.25) is 0 Å². The molecular weight excluding hydrogens is 198 g/mol. The first-order valence-corrected chi connectivity index (χ1v) is 5.38. The van der Waals surface area contributed by atoms with Crippen LogP contribution >= 0.6 is 0 Å². The maximum atomic E-state index is 12.3. The highest BCUT2D eigenvalue weighted by Gasteiger charge is 2.18. The van der Waals surface area contributed by atoms with Crippen LogP contribution in [0.25, 0.3) is 0 Å². The first kappa shape index (κ1) is 12.1. The molecular formula is C11H18F2N2. The van der Waals surface area contributed by atoms with Gasteiger partial charge in [0.15, 0.2) is 0 Å². The van der Waals surface area contributed by atoms with Crippen molar-refractivity contribution >= 4 is 0 Å². The predicted octanol–water partition coefficient (Wildman–Crippen LogP) is 3.82. The Morgan fingerprint density at radius 3 is 2.47 bits per heavy atom. The fraction of sp³-hybridized carbons (Fsp3) is 0.727. The molecule has 86 valence electrons. The molecule has 2 nitrogen and oxygen atoms in total. The number of hydrogen-bond acceptors (Lipinski definition) is 1. The largest absolute Gasteiger partial charge is 0.333 e. The zero-order valence-electron chi connectivity index (χ0n) is 9.45. The molecule has 0 aliphatic carbocycles. The average Bonchev–Trinajstić information content (AvgIpc) is 2.62. The molecule has 0 fully saturated rings. The third-order valence-electron chi connectivity index (χ3n) is 2.65. The van der Waals surface area contributed by atoms with Gasteiger partial charge < -0.3 is 0 Å². The maximum absolute atomic E-state index is 12.3. The van der Waals surface area contributed by atoms with Crippen LogP contribution in [0.15, 0.2) is 12.4 Å². The van der Waals surface area contributed by atoms with Crippen molar-refractivity contribution in [3.63, 3.8) is 0 Å². The summed E-state index contributed by atoms with van der Waals surface area (Å²) in [6.45, 7) is 3.79. The van der Waals surface area contributed by atoms with Crippen molar-refractivity contribution in [2.75, 3.05) is 0 Å². The lowest BCUT2D eigenvalue weighted by Crippen LogP contribution is -2.05. The highest BCUT2D eigenvalue weighted by molar-refractivity contribution is 5.12. The molecule has 1 atom stereocenters. The quantitative estimate of drug-likeness (QED) is 0.731. The molecule has 1 aromatic heterocycles. The summed E-state index contributed by atoms with van der Waals surface area (Å²) in [4.78, 5) is 0. The molecule has 0 saturated heterocycles. The summed E-state index contributed by atoms with van der Waals surface area (Å²) in [7, 11) is 0. The molecule has 1 rings (SSSR count). The Kier molecular flexibility index (Phi) is 4.24. The summed E-state index contributed by atoms with van der Waals surface area (Å²) >= 11 is 0. The van der Waals surface area contributed by atoms with E-state index >= 15 is 0 Å². The predicted molar refractivity (Wildman–Crippen MR) is 56.0 cm³/mol. The molecule has 15 heavy (non-hydrogen) atoms. The number of aromatic nitrogens is 2. The van der Waals surface area contributed by atoms with Crippen LogP contribution in [0.4, 0.5) is 8.78 Å². The Morgan fingerprint density at radius 2 is 2.07 bits per heavy atom. The van der Waals surface area contributed by atoms with E-state index in [1.807, 2.05) is 0 Å². The molecule has 0 aliphatic rings. The Morgan fingerprint density at radius 1 is 1.40 bits per heavy atom. The van der Waals surface area contributed by atoms with Gasteiger partial charge in [-0.3, -0.25) is 0 Å². The van der Waals surface area contributed by atoms with Crippen molar-refractivity contribution in [1.29, 1.82) is 0 Å². The van der Waals surface area contributed by atoms with Crippen LogP contribution in [0, 0.1) is 5.92 Å². The molecule has 4 heteroatoms. The van der Waals surface area contributed by atoms with Crippen LogP contribution in [-0.4, -0.2) is 9.78 Å². The number of hydrogen-bond donors (Lipinski definition) is 0. The zero-order chi connectivity index (χ0) is 11.4. The minimum Gasteiger partial charge on any atom is -0.211 e. The average molecular weight is 216 g/mol. The maximum Gasteiger partial charge on any atom is 0.333 e. The lowest BCUT2D eigenvalue weighted by molar-refractivity contribution is 0.0564. The molecule has 0 saturated carbocycles. The highest BCUT2D eigenvalue weighted by atomic mass is 19.3. The standard InChI is InChI=1S/C11H18F2N2/c1-4-5-10(8(2)3)9-6-14-15(7-9)11(12)13/h6-8,10-11H,4-5H2,1-3H3. The van der Waals surface area contributed by atoms with Gasteiger partial charge >= 0.3 is 6.55 Å². The summed E-state index contributed by atoms with van der Waals surface area (Å²) in [5.74, 6) is 0.794. The van der Waals surface area contributed by atoms with E-state index in [-0.39, 0.29) is 0 Å². The SMILES string of the molecule is CCCC(c1cnn(C(F)F)c1)C(C)C. The second kappa shape index (κ2) is 5.24. The lowest BCUT2D eigenvalue weighted by atomic mass is 9.87. The fourth-order valence-corrected chi connectivity index (χ4v) is 1.85. The number of alkyl halides is 2. The van der Waals surface area contributed by atoms with Gasteiger partial charge in [0.05, 0.1) is 6.20 Å². The van der Waals surface area contributed by atoms with Gasteiger partial charge in [-0.15, -0.1) is 0 Å². The fourth-order valence-electron chi connectivity index (χ4n) is 1.85. The monoisotopic (exact) mass is 216 g/mol. The molecule has 0 aliphatic heterocycles. The van der Waals surface area contributed by atoms with Crippen molar-refractivity contribution in [3.8, 4) is 0 Å². The summed E-state index contributed by atoms with van der Waals surface area (Å²) in [5, 5.41) is 3.67. The van der Waals surface area contributed by atoms with E-state index in [0.29, 0.717) is 11.8 Å². The van der Waals surface area contributed by atoms with Crippen LogP contribution < -0.4 is 0 Å². The topological polar surface area (TPSA) is 17.8 Å². The van der Waals surface area contributed by atoms with Gasteiger partial charge in [0.25, 0.3) is 0 Å². The molecule has 0 N–H and O–H groups in total. The highest BCUT2D eigenvalue weighted by Crippen LogP contribution is 2.29. The smallest absolute Gasteiger partial charge is 0.211 e. The Hall–Kier alpha value is -0.930. The van der Waals surface area contributed by atoms with E-state index in [1.165, 1.54) is 6.20 Å². The Labute approximate surface area is 89.3 Å². The van der Waals surface area contributed by atoms with Gasteiger partial charge in [0.2, 0.25) is 0 Å². The van der Waals surface area contributed by atoms with Crippen LogP contribution in [0.5, 0.6) is 0 Å². The molecule has 0 amide bonds. The number of nitrogens with zero attached hydrogens (tertiary/aromatic N) is 2. The normalized spacial score (nSPS) is 13.8. The molecule has 0 radical (unpaired) electrons. The minimum atomic E-state index is -2.53. The summed E-state index contributed by atoms with van der Waals surface area (Å²) < 4.78 is 25.4. The van der Waals surface area contributed by atoms with E-state index in [0.717, 1.165) is 23.1 Å². The third-order valence-corrected chi connectivity index (χ3v) is 2.65. The summed E-state index contributed by atoms with van der Waals surface area (Å²) in [5.41, 5.74) is 0.923. The van der Waals surface area contributed by atoms with Gasteiger partial charge in [-0.1, -0.05) is 27.2 Å². The number of halogens is 2. The van der Waals surface area contributed by atoms with E-state index in [9.17, 15) is 8.78 Å². The molecule has 0 aromatic carbocycles. The molecule has 1 unspecified atom stereocenters. The lowest BCUT2D eigenvalue weighted by Gasteiger charge is -2.18. The Bertz CT molecular complexity index is 295. The molecule has 0 bridgehead atoms. The molecule has 0 spiro atoms. The molecule has 1 aromatic rings. The van der Waals surface area contributed by atoms with Gasteiger partial charge in [-0.05, 0) is 23.8 Å². The third kappa shape index (κ3) is 3.01. The second-order valence-corrected chi connectivity index (χ2v) is 4.17. The van der Waals surface area contributed by atoms with E-state index in [4.69, 9.17) is 0 Å². The second-order valence-electron chi connectivity index (χ2n) is 4.17. The van der Waals surface area contributed by atoms with E-state index in [1.54, 1.807) is 6.20 Å². The van der Waals surface area contributed by atoms with Crippen molar-refractivity contribution in [2.24, 2.45) is 5.92 Å². The van der Waals surface area contributed by atoms with Crippen LogP contribution in [0.1, 0.15) is 51.6 Å². The first-order valence-electron chi connectivity index (χ1n) is 5.38. The minimum absolute atomic E-state index is 0.336. The van der Waals surface area contributed by atoms with Crippen molar-refractivity contribution in [1.82, 2.24) is 9.78 Å². The van der Waals surface area contributed by atoms with Crippen LogP contribution in [-0.2, 0) is 0 Å². The van der Waals surface area contributed by atoms with Gasteiger partial charge in [0.1, 0.15) is 0 Å². The zero-order valence-corrected chi connectivity index (χ0v) is 9.45. The van der Waals surface area contributed by atoms with E-state index < -0.39 is 6.55 Å². The summed E-state index contributed by atoms with van der Waals surface area (Å²) in [6, 6.07) is 0. The molecule has 1 heterocycles. The van der Waals surface area contributed by atoms with Crippen molar-refractivity contribution in [3.05, 3.63) is 18.0 Å². The first-order chi connectivity index (χ1) is 7.06. The van der Waals surface area contributed by atoms with E-state index in [2.05, 4.69) is 25.9 Å². The number of rotatable bonds is 5. The Balaban J connectivity index is 2.81. The van der Waals surface area contributed by atoms with Gasteiger partial charge in [-0.25, -0.2) is 4.68 Å².